The minimum absolute atomic E-state index is 0.0982. The first-order valence-corrected chi connectivity index (χ1v) is 5.32. The van der Waals surface area contributed by atoms with Crippen molar-refractivity contribution in [1.29, 1.82) is 0 Å². The van der Waals surface area contributed by atoms with E-state index in [4.69, 9.17) is 23.2 Å². The summed E-state index contributed by atoms with van der Waals surface area (Å²) in [5, 5.41) is 0.208. The normalized spacial score (nSPS) is 15.2. The first kappa shape index (κ1) is 11.7. The van der Waals surface area contributed by atoms with Crippen molar-refractivity contribution in [3.05, 3.63) is 28.8 Å². The molecule has 0 aliphatic heterocycles. The smallest absolute Gasteiger partial charge is 0.146 e. The van der Waals surface area contributed by atoms with Gasteiger partial charge in [0.25, 0.3) is 0 Å². The first-order valence-electron chi connectivity index (χ1n) is 4.51. The maximum atomic E-state index is 13.4. The minimum atomic E-state index is -0.385. The Kier molecular flexibility index (Phi) is 4.14. The molecule has 1 heterocycles. The lowest BCUT2D eigenvalue weighted by Gasteiger charge is -2.16. The van der Waals surface area contributed by atoms with Gasteiger partial charge in [-0.25, -0.2) is 4.39 Å². The minimum Gasteiger partial charge on any atom is -0.256 e. The molecule has 1 nitrogen and oxygen atoms in total. The van der Waals surface area contributed by atoms with E-state index >= 15 is 0 Å². The zero-order valence-corrected chi connectivity index (χ0v) is 9.61. The highest BCUT2D eigenvalue weighted by atomic mass is 35.5. The van der Waals surface area contributed by atoms with Gasteiger partial charge in [-0.3, -0.25) is 4.98 Å². The van der Waals surface area contributed by atoms with Crippen molar-refractivity contribution in [3.63, 3.8) is 0 Å². The van der Waals surface area contributed by atoms with Gasteiger partial charge < -0.3 is 0 Å². The second kappa shape index (κ2) is 4.94. The lowest BCUT2D eigenvalue weighted by atomic mass is 10.0. The van der Waals surface area contributed by atoms with E-state index in [-0.39, 0.29) is 17.1 Å². The van der Waals surface area contributed by atoms with Crippen LogP contribution in [0.3, 0.4) is 0 Å². The fourth-order valence-electron chi connectivity index (χ4n) is 1.29. The van der Waals surface area contributed by atoms with Crippen molar-refractivity contribution >= 4 is 23.2 Å². The average molecular weight is 236 g/mol. The molecule has 0 N–H and O–H groups in total. The second-order valence-corrected chi connectivity index (χ2v) is 4.23. The molecule has 1 rings (SSSR count). The molecule has 0 radical (unpaired) electrons. The van der Waals surface area contributed by atoms with E-state index in [1.165, 1.54) is 12.3 Å². The molecule has 0 amide bonds. The first-order chi connectivity index (χ1) is 6.56. The number of hydrogen-bond donors (Lipinski definition) is 0. The third-order valence-corrected chi connectivity index (χ3v) is 3.09. The Morgan fingerprint density at radius 1 is 1.57 bits per heavy atom. The summed E-state index contributed by atoms with van der Waals surface area (Å²) < 4.78 is 13.4. The predicted octanol–water partition coefficient (Wildman–Crippen LogP) is 4.00. The van der Waals surface area contributed by atoms with Crippen molar-refractivity contribution in [2.75, 3.05) is 0 Å². The largest absolute Gasteiger partial charge is 0.256 e. The standard InChI is InChI=1S/C10H12Cl2FN/c1-3-8(12)6(2)10-9(13)4-7(11)5-14-10/h4-6,8H,3H2,1-2H3. The monoisotopic (exact) mass is 235 g/mol. The summed E-state index contributed by atoms with van der Waals surface area (Å²) >= 11 is 11.6. The number of alkyl halides is 1. The van der Waals surface area contributed by atoms with E-state index in [1.807, 2.05) is 13.8 Å². The number of hydrogen-bond acceptors (Lipinski definition) is 1. The van der Waals surface area contributed by atoms with Gasteiger partial charge in [0.05, 0.1) is 10.7 Å². The van der Waals surface area contributed by atoms with Crippen LogP contribution in [0, 0.1) is 5.82 Å². The SMILES string of the molecule is CCC(Cl)C(C)c1ncc(Cl)cc1F. The van der Waals surface area contributed by atoms with Crippen LogP contribution in [0.2, 0.25) is 5.02 Å². The highest BCUT2D eigenvalue weighted by molar-refractivity contribution is 6.30. The fourth-order valence-corrected chi connectivity index (χ4v) is 1.55. The highest BCUT2D eigenvalue weighted by Gasteiger charge is 2.19. The van der Waals surface area contributed by atoms with Crippen LogP contribution in [0.4, 0.5) is 4.39 Å². The van der Waals surface area contributed by atoms with Crippen molar-refractivity contribution in [2.45, 2.75) is 31.6 Å². The van der Waals surface area contributed by atoms with Gasteiger partial charge >= 0.3 is 0 Å². The van der Waals surface area contributed by atoms with Gasteiger partial charge in [0.15, 0.2) is 0 Å². The molecule has 2 unspecified atom stereocenters. The molecule has 2 atom stereocenters. The molecule has 0 aliphatic carbocycles. The van der Waals surface area contributed by atoms with Crippen LogP contribution >= 0.6 is 23.2 Å². The molecule has 0 bridgehead atoms. The Morgan fingerprint density at radius 3 is 2.71 bits per heavy atom. The van der Waals surface area contributed by atoms with Crippen LogP contribution in [-0.2, 0) is 0 Å². The van der Waals surface area contributed by atoms with Crippen LogP contribution in [0.15, 0.2) is 12.3 Å². The van der Waals surface area contributed by atoms with Crippen LogP contribution in [0.25, 0.3) is 0 Å². The Morgan fingerprint density at radius 2 is 2.21 bits per heavy atom. The van der Waals surface area contributed by atoms with Gasteiger partial charge in [0.1, 0.15) is 5.82 Å². The summed E-state index contributed by atoms with van der Waals surface area (Å²) in [5.74, 6) is -0.483. The predicted molar refractivity (Wildman–Crippen MR) is 57.6 cm³/mol. The van der Waals surface area contributed by atoms with Crippen molar-refractivity contribution < 1.29 is 4.39 Å². The molecular weight excluding hydrogens is 224 g/mol. The van der Waals surface area contributed by atoms with E-state index < -0.39 is 0 Å². The lowest BCUT2D eigenvalue weighted by Crippen LogP contribution is -2.11. The molecule has 0 spiro atoms. The number of halogens is 3. The van der Waals surface area contributed by atoms with Crippen LogP contribution in [0.1, 0.15) is 31.9 Å². The van der Waals surface area contributed by atoms with Gasteiger partial charge in [-0.05, 0) is 12.5 Å². The third-order valence-electron chi connectivity index (χ3n) is 2.20. The van der Waals surface area contributed by atoms with Gasteiger partial charge in [-0.2, -0.15) is 0 Å². The summed E-state index contributed by atoms with van der Waals surface area (Å²) in [4.78, 5) is 3.96. The quantitative estimate of drug-likeness (QED) is 0.723. The Labute approximate surface area is 93.2 Å². The zero-order chi connectivity index (χ0) is 10.7. The van der Waals surface area contributed by atoms with Crippen LogP contribution in [0.5, 0.6) is 0 Å². The molecular formula is C10H12Cl2FN. The second-order valence-electron chi connectivity index (χ2n) is 3.23. The fraction of sp³-hybridized carbons (Fsp3) is 0.500. The van der Waals surface area contributed by atoms with E-state index in [0.717, 1.165) is 6.42 Å². The topological polar surface area (TPSA) is 12.9 Å². The molecule has 14 heavy (non-hydrogen) atoms. The highest BCUT2D eigenvalue weighted by Crippen LogP contribution is 2.26. The molecule has 0 aliphatic rings. The molecule has 0 saturated carbocycles. The van der Waals surface area contributed by atoms with E-state index in [0.29, 0.717) is 10.7 Å². The van der Waals surface area contributed by atoms with Gasteiger partial charge in [-0.15, -0.1) is 11.6 Å². The summed E-state index contributed by atoms with van der Waals surface area (Å²) in [7, 11) is 0. The molecule has 1 aromatic rings. The number of aromatic nitrogens is 1. The molecule has 1 aromatic heterocycles. The Hall–Kier alpha value is -0.340. The molecule has 78 valence electrons. The van der Waals surface area contributed by atoms with E-state index in [9.17, 15) is 4.39 Å². The lowest BCUT2D eigenvalue weighted by molar-refractivity contribution is 0.558. The maximum absolute atomic E-state index is 13.4. The molecule has 4 heteroatoms. The Balaban J connectivity index is 2.95. The van der Waals surface area contributed by atoms with Crippen molar-refractivity contribution in [2.24, 2.45) is 0 Å². The van der Waals surface area contributed by atoms with Crippen molar-refractivity contribution in [3.8, 4) is 0 Å². The summed E-state index contributed by atoms with van der Waals surface area (Å²) in [6.07, 6.45) is 2.22. The van der Waals surface area contributed by atoms with E-state index in [1.54, 1.807) is 0 Å². The average Bonchev–Trinajstić information content (AvgIpc) is 2.15. The summed E-state index contributed by atoms with van der Waals surface area (Å²) in [5.41, 5.74) is 0.385. The molecule has 0 fully saturated rings. The number of nitrogens with zero attached hydrogens (tertiary/aromatic N) is 1. The van der Waals surface area contributed by atoms with Gasteiger partial charge in [-0.1, -0.05) is 25.4 Å². The van der Waals surface area contributed by atoms with Gasteiger partial charge in [0, 0.05) is 17.5 Å². The summed E-state index contributed by atoms with van der Waals surface area (Å²) in [6, 6.07) is 1.26. The zero-order valence-electron chi connectivity index (χ0n) is 8.10. The number of rotatable bonds is 3. The molecule has 0 saturated heterocycles. The summed E-state index contributed by atoms with van der Waals surface area (Å²) in [6.45, 7) is 3.82. The van der Waals surface area contributed by atoms with Crippen LogP contribution in [-0.4, -0.2) is 10.4 Å². The van der Waals surface area contributed by atoms with E-state index in [2.05, 4.69) is 4.98 Å². The maximum Gasteiger partial charge on any atom is 0.146 e. The van der Waals surface area contributed by atoms with Gasteiger partial charge in [0.2, 0.25) is 0 Å². The molecule has 0 aromatic carbocycles. The Bertz CT molecular complexity index is 317. The number of pyridine rings is 1. The van der Waals surface area contributed by atoms with Crippen LogP contribution < -0.4 is 0 Å². The van der Waals surface area contributed by atoms with Crippen molar-refractivity contribution in [1.82, 2.24) is 4.98 Å². The third kappa shape index (κ3) is 2.58.